The van der Waals surface area contributed by atoms with Crippen LogP contribution >= 0.6 is 11.6 Å². The molecule has 1 N–H and O–H groups in total. The minimum absolute atomic E-state index is 0.811. The first-order chi connectivity index (χ1) is 9.24. The van der Waals surface area contributed by atoms with Gasteiger partial charge >= 0.3 is 0 Å². The monoisotopic (exact) mass is 265 g/mol. The fraction of sp³-hybridized carbons (Fsp3) is 0.0588. The molecule has 0 saturated heterocycles. The van der Waals surface area contributed by atoms with Crippen molar-refractivity contribution in [3.8, 4) is 0 Å². The molecule has 0 fully saturated rings. The molecule has 0 spiro atoms. The second-order valence-electron chi connectivity index (χ2n) is 5.00. The van der Waals surface area contributed by atoms with Crippen molar-refractivity contribution in [2.24, 2.45) is 0 Å². The zero-order valence-electron chi connectivity index (χ0n) is 10.5. The molecule has 0 aliphatic carbocycles. The summed E-state index contributed by atoms with van der Waals surface area (Å²) >= 11 is 6.42. The first kappa shape index (κ1) is 10.9. The Kier molecular flexibility index (Phi) is 2.15. The van der Waals surface area contributed by atoms with E-state index in [0.29, 0.717) is 0 Å². The molecule has 19 heavy (non-hydrogen) atoms. The fourth-order valence-corrected chi connectivity index (χ4v) is 3.08. The van der Waals surface area contributed by atoms with Crippen LogP contribution in [0.25, 0.3) is 32.6 Å². The number of aromatic nitrogens is 1. The van der Waals surface area contributed by atoms with Gasteiger partial charge < -0.3 is 4.98 Å². The number of hydrogen-bond donors (Lipinski definition) is 1. The number of aromatic amines is 1. The van der Waals surface area contributed by atoms with Gasteiger partial charge in [0.25, 0.3) is 0 Å². The molecule has 0 aliphatic heterocycles. The molecular formula is C17H12ClN. The van der Waals surface area contributed by atoms with E-state index in [9.17, 15) is 0 Å². The highest BCUT2D eigenvalue weighted by Gasteiger charge is 2.10. The molecule has 4 rings (SSSR count). The maximum absolute atomic E-state index is 6.42. The lowest BCUT2D eigenvalue weighted by molar-refractivity contribution is 1.49. The van der Waals surface area contributed by atoms with Gasteiger partial charge in [-0.3, -0.25) is 0 Å². The summed E-state index contributed by atoms with van der Waals surface area (Å²) in [5, 5.41) is 5.52. The number of fused-ring (bicyclic) bond motifs is 5. The van der Waals surface area contributed by atoms with E-state index in [4.69, 9.17) is 11.6 Å². The van der Waals surface area contributed by atoms with Crippen LogP contribution in [0.2, 0.25) is 5.02 Å². The van der Waals surface area contributed by atoms with Crippen molar-refractivity contribution in [1.82, 2.24) is 4.98 Å². The van der Waals surface area contributed by atoms with Gasteiger partial charge in [0.2, 0.25) is 0 Å². The lowest BCUT2D eigenvalue weighted by Crippen LogP contribution is -1.77. The van der Waals surface area contributed by atoms with Crippen molar-refractivity contribution in [3.63, 3.8) is 0 Å². The van der Waals surface area contributed by atoms with E-state index in [1.54, 1.807) is 0 Å². The Labute approximate surface area is 115 Å². The largest absolute Gasteiger partial charge is 0.354 e. The molecule has 0 atom stereocenters. The first-order valence-electron chi connectivity index (χ1n) is 6.33. The third-order valence-corrected chi connectivity index (χ3v) is 4.03. The SMILES string of the molecule is Cc1ccc2[nH]c3c4ccccc4c(Cl)cc3c2c1. The predicted molar refractivity (Wildman–Crippen MR) is 83.1 cm³/mol. The molecule has 0 saturated carbocycles. The normalized spacial score (nSPS) is 11.7. The van der Waals surface area contributed by atoms with Gasteiger partial charge in [-0.25, -0.2) is 0 Å². The summed E-state index contributed by atoms with van der Waals surface area (Å²) in [5.74, 6) is 0. The molecule has 0 bridgehead atoms. The van der Waals surface area contributed by atoms with Crippen LogP contribution in [0.15, 0.2) is 48.5 Å². The van der Waals surface area contributed by atoms with Gasteiger partial charge in [0.05, 0.1) is 5.52 Å². The van der Waals surface area contributed by atoms with Gasteiger partial charge in [-0.2, -0.15) is 0 Å². The standard InChI is InChI=1S/C17H12ClN/c1-10-6-7-16-13(8-10)14-9-15(18)11-4-2-3-5-12(11)17(14)19-16/h2-9,19H,1H3. The summed E-state index contributed by atoms with van der Waals surface area (Å²) in [4.78, 5) is 3.52. The van der Waals surface area contributed by atoms with Crippen LogP contribution < -0.4 is 0 Å². The van der Waals surface area contributed by atoms with Crippen molar-refractivity contribution in [2.45, 2.75) is 6.92 Å². The number of halogens is 1. The zero-order valence-corrected chi connectivity index (χ0v) is 11.3. The Bertz CT molecular complexity index is 934. The van der Waals surface area contributed by atoms with Crippen LogP contribution in [-0.4, -0.2) is 4.98 Å². The van der Waals surface area contributed by atoms with Gasteiger partial charge in [-0.15, -0.1) is 0 Å². The molecule has 0 unspecified atom stereocenters. The van der Waals surface area contributed by atoms with Crippen molar-refractivity contribution < 1.29 is 0 Å². The predicted octanol–water partition coefficient (Wildman–Crippen LogP) is 5.44. The lowest BCUT2D eigenvalue weighted by Gasteiger charge is -2.02. The van der Waals surface area contributed by atoms with Crippen molar-refractivity contribution >= 4 is 44.2 Å². The van der Waals surface area contributed by atoms with Gasteiger partial charge in [0.1, 0.15) is 0 Å². The Balaban J connectivity index is 2.32. The number of hydrogen-bond acceptors (Lipinski definition) is 0. The summed E-state index contributed by atoms with van der Waals surface area (Å²) in [6, 6.07) is 16.8. The van der Waals surface area contributed by atoms with E-state index >= 15 is 0 Å². The van der Waals surface area contributed by atoms with Gasteiger partial charge in [0.15, 0.2) is 0 Å². The number of H-pyrrole nitrogens is 1. The molecule has 0 radical (unpaired) electrons. The lowest BCUT2D eigenvalue weighted by atomic mass is 10.0. The summed E-state index contributed by atoms with van der Waals surface area (Å²) in [6.45, 7) is 2.11. The summed E-state index contributed by atoms with van der Waals surface area (Å²) in [6.07, 6.45) is 0. The van der Waals surface area contributed by atoms with Crippen LogP contribution in [0, 0.1) is 6.92 Å². The van der Waals surface area contributed by atoms with Crippen LogP contribution in [0.4, 0.5) is 0 Å². The molecule has 2 heteroatoms. The van der Waals surface area contributed by atoms with E-state index in [-0.39, 0.29) is 0 Å². The Morgan fingerprint density at radius 1 is 0.842 bits per heavy atom. The van der Waals surface area contributed by atoms with Crippen LogP contribution in [-0.2, 0) is 0 Å². The fourth-order valence-electron chi connectivity index (χ4n) is 2.80. The number of aryl methyl sites for hydroxylation is 1. The summed E-state index contributed by atoms with van der Waals surface area (Å²) in [5.41, 5.74) is 3.59. The molecule has 4 aromatic rings. The first-order valence-corrected chi connectivity index (χ1v) is 6.71. The van der Waals surface area contributed by atoms with Crippen LogP contribution in [0.1, 0.15) is 5.56 Å². The summed E-state index contributed by atoms with van der Waals surface area (Å²) in [7, 11) is 0. The molecule has 3 aromatic carbocycles. The van der Waals surface area contributed by atoms with Gasteiger partial charge in [-0.1, -0.05) is 47.5 Å². The van der Waals surface area contributed by atoms with Crippen molar-refractivity contribution in [2.75, 3.05) is 0 Å². The topological polar surface area (TPSA) is 15.8 Å². The molecule has 0 aliphatic rings. The second kappa shape index (κ2) is 3.75. The molecule has 0 amide bonds. The smallest absolute Gasteiger partial charge is 0.0545 e. The highest BCUT2D eigenvalue weighted by atomic mass is 35.5. The van der Waals surface area contributed by atoms with Gasteiger partial charge in [-0.05, 0) is 25.1 Å². The van der Waals surface area contributed by atoms with Crippen LogP contribution in [0.3, 0.4) is 0 Å². The quantitative estimate of drug-likeness (QED) is 0.436. The molecule has 1 aromatic heterocycles. The highest BCUT2D eigenvalue weighted by Crippen LogP contribution is 2.35. The zero-order chi connectivity index (χ0) is 13.0. The van der Waals surface area contributed by atoms with Crippen molar-refractivity contribution in [3.05, 3.63) is 59.1 Å². The van der Waals surface area contributed by atoms with E-state index in [2.05, 4.69) is 54.4 Å². The molecule has 92 valence electrons. The number of benzene rings is 3. The molecular weight excluding hydrogens is 254 g/mol. The van der Waals surface area contributed by atoms with Crippen molar-refractivity contribution in [1.29, 1.82) is 0 Å². The van der Waals surface area contributed by atoms with E-state index in [0.717, 1.165) is 15.9 Å². The van der Waals surface area contributed by atoms with Gasteiger partial charge in [0, 0.05) is 32.1 Å². The maximum atomic E-state index is 6.42. The third-order valence-electron chi connectivity index (χ3n) is 3.72. The molecule has 1 nitrogen and oxygen atoms in total. The summed E-state index contributed by atoms with van der Waals surface area (Å²) < 4.78 is 0. The average molecular weight is 266 g/mol. The maximum Gasteiger partial charge on any atom is 0.0545 e. The molecule has 1 heterocycles. The Morgan fingerprint density at radius 3 is 2.47 bits per heavy atom. The average Bonchev–Trinajstić information content (AvgIpc) is 2.78. The Hall–Kier alpha value is -1.99. The Morgan fingerprint density at radius 2 is 1.63 bits per heavy atom. The minimum atomic E-state index is 0.811. The van der Waals surface area contributed by atoms with Crippen LogP contribution in [0.5, 0.6) is 0 Å². The number of rotatable bonds is 0. The third kappa shape index (κ3) is 1.48. The minimum Gasteiger partial charge on any atom is -0.354 e. The second-order valence-corrected chi connectivity index (χ2v) is 5.41. The highest BCUT2D eigenvalue weighted by molar-refractivity contribution is 6.38. The number of nitrogens with one attached hydrogen (secondary N) is 1. The van der Waals surface area contributed by atoms with E-state index in [1.165, 1.54) is 27.2 Å². The van der Waals surface area contributed by atoms with E-state index < -0.39 is 0 Å². The van der Waals surface area contributed by atoms with E-state index in [1.807, 2.05) is 6.07 Å².